The lowest BCUT2D eigenvalue weighted by Crippen LogP contribution is -2.20. The van der Waals surface area contributed by atoms with Gasteiger partial charge in [-0.3, -0.25) is 0 Å². The number of hydrogen-bond acceptors (Lipinski definition) is 5. The van der Waals surface area contributed by atoms with Crippen LogP contribution >= 0.6 is 0 Å². The Morgan fingerprint density at radius 3 is 2.14 bits per heavy atom. The van der Waals surface area contributed by atoms with Gasteiger partial charge in [0, 0.05) is 11.8 Å². The predicted octanol–water partition coefficient (Wildman–Crippen LogP) is 2.42. The van der Waals surface area contributed by atoms with Gasteiger partial charge in [-0.15, -0.1) is 0 Å². The van der Waals surface area contributed by atoms with Crippen LogP contribution in [0.1, 0.15) is 17.2 Å². The van der Waals surface area contributed by atoms with E-state index in [0.717, 1.165) is 22.6 Å². The SMILES string of the molecule is CNC(c1cccnc1OC)c1c(OC)cccc1OC. The molecule has 1 N–H and O–H groups in total. The van der Waals surface area contributed by atoms with E-state index in [1.165, 1.54) is 0 Å². The van der Waals surface area contributed by atoms with Crippen molar-refractivity contribution in [2.45, 2.75) is 6.04 Å². The van der Waals surface area contributed by atoms with E-state index in [1.807, 2.05) is 37.4 Å². The monoisotopic (exact) mass is 288 g/mol. The summed E-state index contributed by atoms with van der Waals surface area (Å²) in [6.45, 7) is 0. The van der Waals surface area contributed by atoms with Crippen molar-refractivity contribution in [3.8, 4) is 17.4 Å². The molecule has 0 aliphatic carbocycles. The normalized spacial score (nSPS) is 11.8. The van der Waals surface area contributed by atoms with E-state index in [2.05, 4.69) is 10.3 Å². The van der Waals surface area contributed by atoms with Gasteiger partial charge in [-0.1, -0.05) is 12.1 Å². The summed E-state index contributed by atoms with van der Waals surface area (Å²) in [6.07, 6.45) is 1.70. The maximum Gasteiger partial charge on any atom is 0.218 e. The molecule has 1 aromatic heterocycles. The fourth-order valence-corrected chi connectivity index (χ4v) is 2.41. The molecule has 112 valence electrons. The van der Waals surface area contributed by atoms with Crippen LogP contribution < -0.4 is 19.5 Å². The topological polar surface area (TPSA) is 52.6 Å². The summed E-state index contributed by atoms with van der Waals surface area (Å²) in [4.78, 5) is 4.26. The fourth-order valence-electron chi connectivity index (χ4n) is 2.41. The molecule has 2 rings (SSSR count). The van der Waals surface area contributed by atoms with E-state index in [9.17, 15) is 0 Å². The molecule has 0 amide bonds. The Morgan fingerprint density at radius 1 is 0.952 bits per heavy atom. The largest absolute Gasteiger partial charge is 0.496 e. The van der Waals surface area contributed by atoms with Gasteiger partial charge in [-0.25, -0.2) is 4.98 Å². The van der Waals surface area contributed by atoms with Crippen LogP contribution in [0.2, 0.25) is 0 Å². The van der Waals surface area contributed by atoms with Crippen molar-refractivity contribution in [3.05, 3.63) is 47.7 Å². The van der Waals surface area contributed by atoms with Gasteiger partial charge in [-0.2, -0.15) is 0 Å². The summed E-state index contributed by atoms with van der Waals surface area (Å²) < 4.78 is 16.3. The predicted molar refractivity (Wildman–Crippen MR) is 81.2 cm³/mol. The third kappa shape index (κ3) is 2.92. The highest BCUT2D eigenvalue weighted by Crippen LogP contribution is 2.39. The van der Waals surface area contributed by atoms with Gasteiger partial charge < -0.3 is 19.5 Å². The van der Waals surface area contributed by atoms with Crippen molar-refractivity contribution >= 4 is 0 Å². The minimum absolute atomic E-state index is 0.153. The highest BCUT2D eigenvalue weighted by molar-refractivity contribution is 5.52. The zero-order chi connectivity index (χ0) is 15.2. The fraction of sp³-hybridized carbons (Fsp3) is 0.312. The first-order valence-corrected chi connectivity index (χ1v) is 6.63. The molecule has 0 radical (unpaired) electrons. The maximum absolute atomic E-state index is 5.48. The Hall–Kier alpha value is -2.27. The molecule has 1 heterocycles. The van der Waals surface area contributed by atoms with Crippen LogP contribution in [0.5, 0.6) is 17.4 Å². The van der Waals surface area contributed by atoms with E-state index in [-0.39, 0.29) is 6.04 Å². The first-order valence-electron chi connectivity index (χ1n) is 6.63. The minimum atomic E-state index is -0.153. The number of methoxy groups -OCH3 is 3. The van der Waals surface area contributed by atoms with E-state index >= 15 is 0 Å². The molecular weight excluding hydrogens is 268 g/mol. The quantitative estimate of drug-likeness (QED) is 0.884. The maximum atomic E-state index is 5.48. The number of nitrogens with zero attached hydrogens (tertiary/aromatic N) is 1. The number of nitrogens with one attached hydrogen (secondary N) is 1. The smallest absolute Gasteiger partial charge is 0.218 e. The second-order valence-corrected chi connectivity index (χ2v) is 4.40. The molecule has 5 nitrogen and oxygen atoms in total. The van der Waals surface area contributed by atoms with Crippen LogP contribution in [-0.4, -0.2) is 33.4 Å². The molecule has 0 bridgehead atoms. The van der Waals surface area contributed by atoms with Crippen molar-refractivity contribution in [1.29, 1.82) is 0 Å². The van der Waals surface area contributed by atoms with Crippen molar-refractivity contribution in [2.75, 3.05) is 28.4 Å². The van der Waals surface area contributed by atoms with E-state index in [4.69, 9.17) is 14.2 Å². The van der Waals surface area contributed by atoms with Gasteiger partial charge in [-0.05, 0) is 25.2 Å². The summed E-state index contributed by atoms with van der Waals surface area (Å²) >= 11 is 0. The molecule has 2 aromatic rings. The first-order chi connectivity index (χ1) is 10.3. The summed E-state index contributed by atoms with van der Waals surface area (Å²) in [5.41, 5.74) is 1.83. The van der Waals surface area contributed by atoms with Gasteiger partial charge in [0.1, 0.15) is 11.5 Å². The Morgan fingerprint density at radius 2 is 1.62 bits per heavy atom. The number of hydrogen-bond donors (Lipinski definition) is 1. The van der Waals surface area contributed by atoms with Gasteiger partial charge in [0.15, 0.2) is 0 Å². The molecule has 5 heteroatoms. The van der Waals surface area contributed by atoms with E-state index < -0.39 is 0 Å². The first kappa shape index (κ1) is 15.1. The second kappa shape index (κ2) is 6.95. The van der Waals surface area contributed by atoms with Gasteiger partial charge >= 0.3 is 0 Å². The lowest BCUT2D eigenvalue weighted by molar-refractivity contribution is 0.370. The zero-order valence-electron chi connectivity index (χ0n) is 12.7. The third-order valence-corrected chi connectivity index (χ3v) is 3.35. The molecule has 1 aromatic carbocycles. The second-order valence-electron chi connectivity index (χ2n) is 4.40. The number of pyridine rings is 1. The van der Waals surface area contributed by atoms with Crippen LogP contribution in [-0.2, 0) is 0 Å². The van der Waals surface area contributed by atoms with Gasteiger partial charge in [0.25, 0.3) is 0 Å². The highest BCUT2D eigenvalue weighted by Gasteiger charge is 2.24. The Balaban J connectivity index is 2.61. The molecule has 1 atom stereocenters. The zero-order valence-corrected chi connectivity index (χ0v) is 12.7. The van der Waals surface area contributed by atoms with Crippen molar-refractivity contribution in [3.63, 3.8) is 0 Å². The summed E-state index contributed by atoms with van der Waals surface area (Å²) in [5, 5.41) is 3.28. The molecule has 0 aliphatic heterocycles. The van der Waals surface area contributed by atoms with Gasteiger partial charge in [0.2, 0.25) is 5.88 Å². The summed E-state index contributed by atoms with van der Waals surface area (Å²) in [5.74, 6) is 2.07. The number of benzene rings is 1. The van der Waals surface area contributed by atoms with Crippen molar-refractivity contribution in [2.24, 2.45) is 0 Å². The molecule has 0 saturated heterocycles. The van der Waals surface area contributed by atoms with Crippen molar-refractivity contribution in [1.82, 2.24) is 10.3 Å². The van der Waals surface area contributed by atoms with Crippen LogP contribution in [0.25, 0.3) is 0 Å². The van der Waals surface area contributed by atoms with Crippen LogP contribution in [0, 0.1) is 0 Å². The molecule has 1 unspecified atom stereocenters. The average Bonchev–Trinajstić information content (AvgIpc) is 2.56. The number of ether oxygens (including phenoxy) is 3. The van der Waals surface area contributed by atoms with Gasteiger partial charge in [0.05, 0.1) is 32.9 Å². The van der Waals surface area contributed by atoms with Crippen LogP contribution in [0.15, 0.2) is 36.5 Å². The van der Waals surface area contributed by atoms with Crippen LogP contribution in [0.4, 0.5) is 0 Å². The van der Waals surface area contributed by atoms with E-state index in [1.54, 1.807) is 27.5 Å². The summed E-state index contributed by atoms with van der Waals surface area (Å²) in [7, 11) is 6.78. The Bertz CT molecular complexity index is 580. The average molecular weight is 288 g/mol. The Kier molecular flexibility index (Phi) is 5.00. The summed E-state index contributed by atoms with van der Waals surface area (Å²) in [6, 6.07) is 9.41. The highest BCUT2D eigenvalue weighted by atomic mass is 16.5. The Labute approximate surface area is 124 Å². The van der Waals surface area contributed by atoms with Crippen molar-refractivity contribution < 1.29 is 14.2 Å². The molecule has 0 spiro atoms. The lowest BCUT2D eigenvalue weighted by Gasteiger charge is -2.23. The molecule has 21 heavy (non-hydrogen) atoms. The number of rotatable bonds is 6. The van der Waals surface area contributed by atoms with E-state index in [0.29, 0.717) is 5.88 Å². The minimum Gasteiger partial charge on any atom is -0.496 e. The molecule has 0 fully saturated rings. The lowest BCUT2D eigenvalue weighted by atomic mass is 9.97. The molecule has 0 saturated carbocycles. The standard InChI is InChI=1S/C16H20N2O3/c1-17-15(11-7-6-10-18-16(11)21-4)14-12(19-2)8-5-9-13(14)20-3/h5-10,15,17H,1-4H3. The van der Waals surface area contributed by atoms with Crippen LogP contribution in [0.3, 0.4) is 0 Å². The number of aromatic nitrogens is 1. The molecular formula is C16H20N2O3. The molecule has 0 aliphatic rings. The third-order valence-electron chi connectivity index (χ3n) is 3.35.